The summed E-state index contributed by atoms with van der Waals surface area (Å²) in [6, 6.07) is 16.6. The first-order valence-corrected chi connectivity index (χ1v) is 9.70. The third-order valence-corrected chi connectivity index (χ3v) is 5.15. The molecule has 27 heavy (non-hydrogen) atoms. The Bertz CT molecular complexity index is 736. The number of carbonyl (C=O) groups excluding carboxylic acids is 1. The van der Waals surface area contributed by atoms with Crippen molar-refractivity contribution in [2.45, 2.75) is 19.9 Å². The van der Waals surface area contributed by atoms with Gasteiger partial charge in [0.2, 0.25) is 5.91 Å². The number of hydrogen-bond acceptors (Lipinski definition) is 4. The minimum Gasteiger partial charge on any atom is -0.385 e. The van der Waals surface area contributed by atoms with Crippen LogP contribution >= 0.6 is 0 Å². The van der Waals surface area contributed by atoms with Crippen LogP contribution in [0.1, 0.15) is 17.5 Å². The van der Waals surface area contributed by atoms with Gasteiger partial charge in [0, 0.05) is 57.1 Å². The maximum absolute atomic E-state index is 12.0. The Morgan fingerprint density at radius 2 is 1.70 bits per heavy atom. The van der Waals surface area contributed by atoms with Crippen molar-refractivity contribution in [3.8, 4) is 0 Å². The van der Waals surface area contributed by atoms with E-state index in [0.717, 1.165) is 31.9 Å². The van der Waals surface area contributed by atoms with Crippen LogP contribution < -0.4 is 15.5 Å². The lowest BCUT2D eigenvalue weighted by Gasteiger charge is -2.34. The molecular weight excluding hydrogens is 336 g/mol. The Balaban J connectivity index is 1.38. The van der Waals surface area contributed by atoms with Gasteiger partial charge in [0.15, 0.2) is 0 Å². The van der Waals surface area contributed by atoms with E-state index in [0.29, 0.717) is 19.5 Å². The van der Waals surface area contributed by atoms with Gasteiger partial charge in [-0.3, -0.25) is 4.79 Å². The molecule has 144 valence electrons. The van der Waals surface area contributed by atoms with E-state index in [2.05, 4.69) is 70.8 Å². The van der Waals surface area contributed by atoms with E-state index in [-0.39, 0.29) is 5.91 Å². The van der Waals surface area contributed by atoms with Gasteiger partial charge in [0.05, 0.1) is 0 Å². The Morgan fingerprint density at radius 1 is 1.00 bits per heavy atom. The molecule has 1 amide bonds. The first-order valence-electron chi connectivity index (χ1n) is 9.70. The van der Waals surface area contributed by atoms with Crippen molar-refractivity contribution in [2.24, 2.45) is 0 Å². The number of anilines is 2. The standard InChI is InChI=1S/C22H30N4O/c1-18-5-3-4-6-19(18)17-24-22(27)11-12-23-20-7-9-21(10-8-20)26-15-13-25(2)14-16-26/h3-10,23H,11-17H2,1-2H3,(H,24,27). The molecule has 0 aromatic heterocycles. The third-order valence-electron chi connectivity index (χ3n) is 5.15. The van der Waals surface area contributed by atoms with Crippen LogP contribution in [0.4, 0.5) is 11.4 Å². The number of benzene rings is 2. The molecule has 1 aliphatic rings. The highest BCUT2D eigenvalue weighted by atomic mass is 16.1. The van der Waals surface area contributed by atoms with Crippen molar-refractivity contribution < 1.29 is 4.79 Å². The normalized spacial score (nSPS) is 14.8. The smallest absolute Gasteiger partial charge is 0.222 e. The number of carbonyl (C=O) groups is 1. The fourth-order valence-corrected chi connectivity index (χ4v) is 3.27. The van der Waals surface area contributed by atoms with Crippen molar-refractivity contribution in [2.75, 3.05) is 50.0 Å². The average molecular weight is 367 g/mol. The first kappa shape index (κ1) is 19.2. The molecule has 0 saturated carbocycles. The number of hydrogen-bond donors (Lipinski definition) is 2. The largest absolute Gasteiger partial charge is 0.385 e. The minimum atomic E-state index is 0.0693. The van der Waals surface area contributed by atoms with E-state index in [1.165, 1.54) is 16.8 Å². The van der Waals surface area contributed by atoms with E-state index in [4.69, 9.17) is 0 Å². The Labute approximate surface area is 162 Å². The summed E-state index contributed by atoms with van der Waals surface area (Å²) in [6.07, 6.45) is 0.464. The van der Waals surface area contributed by atoms with Crippen LogP contribution in [0.15, 0.2) is 48.5 Å². The van der Waals surface area contributed by atoms with Gasteiger partial charge in [-0.2, -0.15) is 0 Å². The van der Waals surface area contributed by atoms with Gasteiger partial charge < -0.3 is 20.4 Å². The summed E-state index contributed by atoms with van der Waals surface area (Å²) < 4.78 is 0. The molecule has 0 spiro atoms. The van der Waals surface area contributed by atoms with E-state index >= 15 is 0 Å². The molecule has 0 atom stereocenters. The maximum atomic E-state index is 12.0. The van der Waals surface area contributed by atoms with Gasteiger partial charge in [-0.05, 0) is 49.4 Å². The van der Waals surface area contributed by atoms with Gasteiger partial charge in [-0.15, -0.1) is 0 Å². The summed E-state index contributed by atoms with van der Waals surface area (Å²) in [5, 5.41) is 6.33. The quantitative estimate of drug-likeness (QED) is 0.791. The number of nitrogens with zero attached hydrogens (tertiary/aromatic N) is 2. The molecule has 1 fully saturated rings. The van der Waals surface area contributed by atoms with Crippen molar-refractivity contribution >= 4 is 17.3 Å². The second kappa shape index (κ2) is 9.42. The molecule has 2 aromatic carbocycles. The molecule has 1 saturated heterocycles. The highest BCUT2D eigenvalue weighted by Crippen LogP contribution is 2.19. The van der Waals surface area contributed by atoms with Crippen molar-refractivity contribution in [3.05, 3.63) is 59.7 Å². The van der Waals surface area contributed by atoms with Crippen molar-refractivity contribution in [1.82, 2.24) is 10.2 Å². The lowest BCUT2D eigenvalue weighted by Crippen LogP contribution is -2.44. The second-order valence-corrected chi connectivity index (χ2v) is 7.22. The van der Waals surface area contributed by atoms with Crippen LogP contribution in [0.3, 0.4) is 0 Å². The minimum absolute atomic E-state index is 0.0693. The van der Waals surface area contributed by atoms with Crippen LogP contribution in [0.5, 0.6) is 0 Å². The zero-order valence-electron chi connectivity index (χ0n) is 16.4. The van der Waals surface area contributed by atoms with E-state index in [9.17, 15) is 4.79 Å². The predicted octanol–water partition coefficient (Wildman–Crippen LogP) is 2.87. The maximum Gasteiger partial charge on any atom is 0.222 e. The number of likely N-dealkylation sites (N-methyl/N-ethyl adjacent to an activating group) is 1. The number of aryl methyl sites for hydroxylation is 1. The Morgan fingerprint density at radius 3 is 2.41 bits per heavy atom. The highest BCUT2D eigenvalue weighted by Gasteiger charge is 2.13. The van der Waals surface area contributed by atoms with Gasteiger partial charge in [-0.1, -0.05) is 24.3 Å². The van der Waals surface area contributed by atoms with E-state index in [1.54, 1.807) is 0 Å². The molecule has 5 heteroatoms. The molecule has 0 bridgehead atoms. The molecule has 3 rings (SSSR count). The monoisotopic (exact) mass is 366 g/mol. The number of nitrogens with one attached hydrogen (secondary N) is 2. The molecule has 1 heterocycles. The number of rotatable bonds is 7. The first-order chi connectivity index (χ1) is 13.1. The van der Waals surface area contributed by atoms with Crippen LogP contribution in [0.25, 0.3) is 0 Å². The number of amides is 1. The fourth-order valence-electron chi connectivity index (χ4n) is 3.27. The van der Waals surface area contributed by atoms with E-state index < -0.39 is 0 Å². The molecule has 0 aliphatic carbocycles. The molecule has 2 aromatic rings. The summed E-state index contributed by atoms with van der Waals surface area (Å²) in [6.45, 7) is 7.65. The molecular formula is C22H30N4O. The van der Waals surface area contributed by atoms with Crippen LogP contribution in [0, 0.1) is 6.92 Å². The highest BCUT2D eigenvalue weighted by molar-refractivity contribution is 5.76. The summed E-state index contributed by atoms with van der Waals surface area (Å²) in [5.41, 5.74) is 4.69. The van der Waals surface area contributed by atoms with Crippen molar-refractivity contribution in [1.29, 1.82) is 0 Å². The van der Waals surface area contributed by atoms with Gasteiger partial charge in [-0.25, -0.2) is 0 Å². The molecule has 0 radical (unpaired) electrons. The van der Waals surface area contributed by atoms with Crippen LogP contribution in [0.2, 0.25) is 0 Å². The topological polar surface area (TPSA) is 47.6 Å². The lowest BCUT2D eigenvalue weighted by atomic mass is 10.1. The third kappa shape index (κ3) is 5.73. The number of piperazine rings is 1. The van der Waals surface area contributed by atoms with Gasteiger partial charge in [0.25, 0.3) is 0 Å². The molecule has 5 nitrogen and oxygen atoms in total. The molecule has 1 aliphatic heterocycles. The second-order valence-electron chi connectivity index (χ2n) is 7.22. The molecule has 0 unspecified atom stereocenters. The zero-order valence-corrected chi connectivity index (χ0v) is 16.4. The average Bonchev–Trinajstić information content (AvgIpc) is 2.69. The van der Waals surface area contributed by atoms with Crippen LogP contribution in [-0.2, 0) is 11.3 Å². The predicted molar refractivity (Wildman–Crippen MR) is 112 cm³/mol. The summed E-state index contributed by atoms with van der Waals surface area (Å²) in [7, 11) is 2.17. The Hall–Kier alpha value is -2.53. The Kier molecular flexibility index (Phi) is 6.71. The summed E-state index contributed by atoms with van der Waals surface area (Å²) in [5.74, 6) is 0.0693. The zero-order chi connectivity index (χ0) is 19.1. The summed E-state index contributed by atoms with van der Waals surface area (Å²) in [4.78, 5) is 16.8. The molecule has 2 N–H and O–H groups in total. The van der Waals surface area contributed by atoms with Crippen molar-refractivity contribution in [3.63, 3.8) is 0 Å². The lowest BCUT2D eigenvalue weighted by molar-refractivity contribution is -0.121. The van der Waals surface area contributed by atoms with Crippen LogP contribution in [-0.4, -0.2) is 50.6 Å². The van der Waals surface area contributed by atoms with Gasteiger partial charge in [0.1, 0.15) is 0 Å². The summed E-state index contributed by atoms with van der Waals surface area (Å²) >= 11 is 0. The fraction of sp³-hybridized carbons (Fsp3) is 0.409. The van der Waals surface area contributed by atoms with E-state index in [1.807, 2.05) is 12.1 Å². The SMILES string of the molecule is Cc1ccccc1CNC(=O)CCNc1ccc(N2CCN(C)CC2)cc1. The van der Waals surface area contributed by atoms with Gasteiger partial charge >= 0.3 is 0 Å².